The largest absolute Gasteiger partial charge is 0.481 e. The summed E-state index contributed by atoms with van der Waals surface area (Å²) in [7, 11) is 0. The van der Waals surface area contributed by atoms with Crippen LogP contribution in [0.5, 0.6) is 5.75 Å². The van der Waals surface area contributed by atoms with E-state index in [1.165, 1.54) is 32.1 Å². The summed E-state index contributed by atoms with van der Waals surface area (Å²) >= 11 is 0. The summed E-state index contributed by atoms with van der Waals surface area (Å²) in [5.74, 6) is 0.812. The Morgan fingerprint density at radius 2 is 1.77 bits per heavy atom. The normalized spacial score (nSPS) is 18.1. The predicted molar refractivity (Wildman–Crippen MR) is 90.3 cm³/mol. The van der Waals surface area contributed by atoms with Gasteiger partial charge in [0, 0.05) is 6.04 Å². The minimum Gasteiger partial charge on any atom is -0.481 e. The van der Waals surface area contributed by atoms with Crippen LogP contribution in [-0.2, 0) is 4.79 Å². The van der Waals surface area contributed by atoms with Gasteiger partial charge in [-0.2, -0.15) is 0 Å². The highest BCUT2D eigenvalue weighted by atomic mass is 16.5. The van der Waals surface area contributed by atoms with Crippen LogP contribution in [0.1, 0.15) is 63.0 Å². The molecule has 122 valence electrons. The maximum absolute atomic E-state index is 12.4. The highest BCUT2D eigenvalue weighted by Crippen LogP contribution is 2.21. The molecular weight excluding hydrogens is 274 g/mol. The number of carbonyl (C=O) groups excluding carboxylic acids is 1. The van der Waals surface area contributed by atoms with Crippen molar-refractivity contribution in [3.63, 3.8) is 0 Å². The highest BCUT2D eigenvalue weighted by Gasteiger charge is 2.20. The van der Waals surface area contributed by atoms with Crippen LogP contribution in [0.15, 0.2) is 18.2 Å². The number of amides is 1. The summed E-state index contributed by atoms with van der Waals surface area (Å²) in [6.07, 6.45) is 8.11. The van der Waals surface area contributed by atoms with Crippen molar-refractivity contribution in [1.82, 2.24) is 5.32 Å². The first-order chi connectivity index (χ1) is 10.6. The SMILES string of the molecule is Cc1ccc(C)c(O[C@H](C)C(=O)NC2CCCCCCC2)c1. The van der Waals surface area contributed by atoms with Crippen molar-refractivity contribution < 1.29 is 9.53 Å². The second kappa shape index (κ2) is 8.21. The van der Waals surface area contributed by atoms with E-state index < -0.39 is 6.10 Å². The second-order valence-corrected chi connectivity index (χ2v) is 6.58. The molecule has 1 aromatic rings. The fourth-order valence-corrected chi connectivity index (χ4v) is 3.00. The average molecular weight is 303 g/mol. The van der Waals surface area contributed by atoms with Gasteiger partial charge in [-0.1, -0.05) is 44.2 Å². The van der Waals surface area contributed by atoms with Crippen LogP contribution in [0.25, 0.3) is 0 Å². The van der Waals surface area contributed by atoms with E-state index in [9.17, 15) is 4.79 Å². The number of benzene rings is 1. The van der Waals surface area contributed by atoms with Gasteiger partial charge in [0.25, 0.3) is 5.91 Å². The molecule has 1 amide bonds. The molecule has 0 spiro atoms. The van der Waals surface area contributed by atoms with E-state index in [-0.39, 0.29) is 5.91 Å². The van der Waals surface area contributed by atoms with E-state index >= 15 is 0 Å². The van der Waals surface area contributed by atoms with Gasteiger partial charge in [-0.05, 0) is 50.8 Å². The van der Waals surface area contributed by atoms with Gasteiger partial charge in [0.2, 0.25) is 0 Å². The summed E-state index contributed by atoms with van der Waals surface area (Å²) in [5, 5.41) is 3.18. The number of hydrogen-bond donors (Lipinski definition) is 1. The van der Waals surface area contributed by atoms with E-state index in [1.54, 1.807) is 0 Å². The molecule has 0 heterocycles. The molecule has 3 nitrogen and oxygen atoms in total. The van der Waals surface area contributed by atoms with Crippen molar-refractivity contribution in [3.05, 3.63) is 29.3 Å². The van der Waals surface area contributed by atoms with E-state index in [0.29, 0.717) is 6.04 Å². The fourth-order valence-electron chi connectivity index (χ4n) is 3.00. The molecule has 22 heavy (non-hydrogen) atoms. The first-order valence-corrected chi connectivity index (χ1v) is 8.60. The third-order valence-corrected chi connectivity index (χ3v) is 4.47. The van der Waals surface area contributed by atoms with Gasteiger partial charge in [0.1, 0.15) is 5.75 Å². The molecule has 1 fully saturated rings. The van der Waals surface area contributed by atoms with E-state index in [4.69, 9.17) is 4.74 Å². The van der Waals surface area contributed by atoms with Crippen LogP contribution >= 0.6 is 0 Å². The van der Waals surface area contributed by atoms with E-state index in [0.717, 1.165) is 29.7 Å². The smallest absolute Gasteiger partial charge is 0.260 e. The van der Waals surface area contributed by atoms with Gasteiger partial charge in [0.15, 0.2) is 6.10 Å². The number of aryl methyl sites for hydroxylation is 2. The molecular formula is C19H29NO2. The molecule has 3 heteroatoms. The molecule has 1 N–H and O–H groups in total. The van der Waals surface area contributed by atoms with Gasteiger partial charge >= 0.3 is 0 Å². The lowest BCUT2D eigenvalue weighted by Gasteiger charge is -2.23. The molecule has 0 bridgehead atoms. The Balaban J connectivity index is 1.89. The van der Waals surface area contributed by atoms with Crippen LogP contribution in [0.4, 0.5) is 0 Å². The summed E-state index contributed by atoms with van der Waals surface area (Å²) < 4.78 is 5.87. The van der Waals surface area contributed by atoms with Crippen LogP contribution in [0.3, 0.4) is 0 Å². The maximum atomic E-state index is 12.4. The topological polar surface area (TPSA) is 38.3 Å². The van der Waals surface area contributed by atoms with Gasteiger partial charge in [-0.3, -0.25) is 4.79 Å². The number of ether oxygens (including phenoxy) is 1. The van der Waals surface area contributed by atoms with Crippen molar-refractivity contribution in [1.29, 1.82) is 0 Å². The molecule has 1 aliphatic rings. The number of rotatable bonds is 4. The van der Waals surface area contributed by atoms with Crippen molar-refractivity contribution in [2.45, 2.75) is 77.9 Å². The quantitative estimate of drug-likeness (QED) is 0.900. The number of carbonyl (C=O) groups is 1. The number of hydrogen-bond acceptors (Lipinski definition) is 2. The minimum atomic E-state index is -0.453. The zero-order valence-electron chi connectivity index (χ0n) is 14.2. The Hall–Kier alpha value is -1.51. The Labute approximate surface area is 134 Å². The summed E-state index contributed by atoms with van der Waals surface area (Å²) in [6, 6.07) is 6.40. The molecule has 0 saturated heterocycles. The van der Waals surface area contributed by atoms with Crippen LogP contribution in [-0.4, -0.2) is 18.1 Å². The lowest BCUT2D eigenvalue weighted by Crippen LogP contribution is -2.42. The maximum Gasteiger partial charge on any atom is 0.260 e. The lowest BCUT2D eigenvalue weighted by molar-refractivity contribution is -0.128. The van der Waals surface area contributed by atoms with Gasteiger partial charge in [0.05, 0.1) is 0 Å². The van der Waals surface area contributed by atoms with Gasteiger partial charge in [-0.15, -0.1) is 0 Å². The monoisotopic (exact) mass is 303 g/mol. The first kappa shape index (κ1) is 16.9. The lowest BCUT2D eigenvalue weighted by atomic mass is 9.96. The molecule has 1 aliphatic carbocycles. The molecule has 0 radical (unpaired) electrons. The first-order valence-electron chi connectivity index (χ1n) is 8.60. The van der Waals surface area contributed by atoms with Crippen molar-refractivity contribution in [2.24, 2.45) is 0 Å². The molecule has 1 aromatic carbocycles. The average Bonchev–Trinajstić information content (AvgIpc) is 2.45. The fraction of sp³-hybridized carbons (Fsp3) is 0.632. The number of nitrogens with one attached hydrogen (secondary N) is 1. The Bertz CT molecular complexity index is 490. The third-order valence-electron chi connectivity index (χ3n) is 4.47. The van der Waals surface area contributed by atoms with Crippen LogP contribution in [0.2, 0.25) is 0 Å². The van der Waals surface area contributed by atoms with E-state index in [1.807, 2.05) is 32.9 Å². The Morgan fingerprint density at radius 1 is 1.14 bits per heavy atom. The zero-order valence-corrected chi connectivity index (χ0v) is 14.2. The second-order valence-electron chi connectivity index (χ2n) is 6.58. The van der Waals surface area contributed by atoms with Gasteiger partial charge in [-0.25, -0.2) is 0 Å². The van der Waals surface area contributed by atoms with Crippen molar-refractivity contribution in [3.8, 4) is 5.75 Å². The minimum absolute atomic E-state index is 0.00600. The Kier molecular flexibility index (Phi) is 6.29. The van der Waals surface area contributed by atoms with E-state index in [2.05, 4.69) is 11.4 Å². The zero-order chi connectivity index (χ0) is 15.9. The van der Waals surface area contributed by atoms with Crippen molar-refractivity contribution >= 4 is 5.91 Å². The van der Waals surface area contributed by atoms with Crippen LogP contribution < -0.4 is 10.1 Å². The molecule has 0 aromatic heterocycles. The molecule has 2 rings (SSSR count). The highest BCUT2D eigenvalue weighted by molar-refractivity contribution is 5.81. The standard InChI is InChI=1S/C19H29NO2/c1-14-11-12-15(2)18(13-14)22-16(3)19(21)20-17-9-7-5-4-6-8-10-17/h11-13,16-17H,4-10H2,1-3H3,(H,20,21)/t16-/m1/s1. The van der Waals surface area contributed by atoms with Crippen molar-refractivity contribution in [2.75, 3.05) is 0 Å². The third kappa shape index (κ3) is 5.04. The summed E-state index contributed by atoms with van der Waals surface area (Å²) in [5.41, 5.74) is 2.21. The van der Waals surface area contributed by atoms with Crippen LogP contribution in [0, 0.1) is 13.8 Å². The molecule has 1 saturated carbocycles. The summed E-state index contributed by atoms with van der Waals surface area (Å²) in [4.78, 5) is 12.4. The Morgan fingerprint density at radius 3 is 2.45 bits per heavy atom. The van der Waals surface area contributed by atoms with Gasteiger partial charge < -0.3 is 10.1 Å². The summed E-state index contributed by atoms with van der Waals surface area (Å²) in [6.45, 7) is 5.87. The molecule has 0 unspecified atom stereocenters. The predicted octanol–water partition coefficient (Wildman–Crippen LogP) is 4.30. The molecule has 0 aliphatic heterocycles. The molecule has 1 atom stereocenters.